The van der Waals surface area contributed by atoms with Crippen molar-refractivity contribution in [3.63, 3.8) is 0 Å². The Morgan fingerprint density at radius 3 is 2.50 bits per heavy atom. The number of nitrogens with zero attached hydrogens (tertiary/aromatic N) is 2. The van der Waals surface area contributed by atoms with Crippen molar-refractivity contribution < 1.29 is 14.3 Å². The van der Waals surface area contributed by atoms with Gasteiger partial charge in [-0.1, -0.05) is 0 Å². The summed E-state index contributed by atoms with van der Waals surface area (Å²) in [6.45, 7) is 6.72. The summed E-state index contributed by atoms with van der Waals surface area (Å²) < 4.78 is 5.27. The van der Waals surface area contributed by atoms with Crippen LogP contribution in [0.2, 0.25) is 0 Å². The van der Waals surface area contributed by atoms with E-state index in [1.807, 2.05) is 18.7 Å². The van der Waals surface area contributed by atoms with Crippen molar-refractivity contribution in [3.05, 3.63) is 0 Å². The average molecular weight is 303 g/mol. The number of ether oxygens (including phenoxy) is 1. The SMILES string of the molecule is CC(C)(CCl)C(=O)N1CCCC1C(=O)N1CCOCC1. The predicted octanol–water partition coefficient (Wildman–Crippen LogP) is 1.10. The Morgan fingerprint density at radius 2 is 1.90 bits per heavy atom. The van der Waals surface area contributed by atoms with Crippen molar-refractivity contribution in [3.8, 4) is 0 Å². The number of hydrogen-bond donors (Lipinski definition) is 0. The Balaban J connectivity index is 2.06. The summed E-state index contributed by atoms with van der Waals surface area (Å²) in [5.74, 6) is 0.307. The monoisotopic (exact) mass is 302 g/mol. The van der Waals surface area contributed by atoms with Gasteiger partial charge in [0.2, 0.25) is 11.8 Å². The maximum absolute atomic E-state index is 12.6. The first-order chi connectivity index (χ1) is 9.47. The fourth-order valence-corrected chi connectivity index (χ4v) is 2.82. The minimum absolute atomic E-state index is 0.0170. The number of hydrogen-bond acceptors (Lipinski definition) is 3. The van der Waals surface area contributed by atoms with E-state index in [4.69, 9.17) is 16.3 Å². The zero-order chi connectivity index (χ0) is 14.8. The van der Waals surface area contributed by atoms with E-state index in [1.54, 1.807) is 4.90 Å². The topological polar surface area (TPSA) is 49.9 Å². The largest absolute Gasteiger partial charge is 0.378 e. The third-order valence-corrected chi connectivity index (χ3v) is 4.70. The lowest BCUT2D eigenvalue weighted by atomic mass is 9.94. The number of halogens is 1. The quantitative estimate of drug-likeness (QED) is 0.734. The van der Waals surface area contributed by atoms with Gasteiger partial charge in [0, 0.05) is 25.5 Å². The number of morpholine rings is 1. The predicted molar refractivity (Wildman–Crippen MR) is 76.6 cm³/mol. The average Bonchev–Trinajstić information content (AvgIpc) is 2.95. The zero-order valence-electron chi connectivity index (χ0n) is 12.2. The van der Waals surface area contributed by atoms with E-state index in [-0.39, 0.29) is 23.7 Å². The molecular formula is C14H23ClN2O3. The standard InChI is InChI=1S/C14H23ClN2O3/c1-14(2,10-15)13(19)17-5-3-4-11(17)12(18)16-6-8-20-9-7-16/h11H,3-10H2,1-2H3. The number of likely N-dealkylation sites (tertiary alicyclic amines) is 1. The minimum atomic E-state index is -0.616. The molecule has 2 rings (SSSR count). The summed E-state index contributed by atoms with van der Waals surface area (Å²) >= 11 is 5.88. The molecule has 0 aromatic rings. The van der Waals surface area contributed by atoms with Gasteiger partial charge in [0.25, 0.3) is 0 Å². The molecule has 5 nitrogen and oxygen atoms in total. The Kier molecular flexibility index (Phi) is 4.91. The lowest BCUT2D eigenvalue weighted by Gasteiger charge is -2.35. The van der Waals surface area contributed by atoms with Crippen LogP contribution in [0.15, 0.2) is 0 Å². The molecule has 2 aliphatic heterocycles. The maximum Gasteiger partial charge on any atom is 0.245 e. The molecule has 2 heterocycles. The van der Waals surface area contributed by atoms with Crippen molar-refractivity contribution >= 4 is 23.4 Å². The van der Waals surface area contributed by atoms with E-state index in [1.165, 1.54) is 0 Å². The molecule has 1 atom stereocenters. The lowest BCUT2D eigenvalue weighted by molar-refractivity contribution is -0.150. The van der Waals surface area contributed by atoms with Gasteiger partial charge in [0.05, 0.1) is 18.6 Å². The summed E-state index contributed by atoms with van der Waals surface area (Å²) in [5, 5.41) is 0. The first kappa shape index (κ1) is 15.6. The number of carbonyl (C=O) groups is 2. The Labute approximate surface area is 125 Å². The first-order valence-corrected chi connectivity index (χ1v) is 7.74. The normalized spacial score (nSPS) is 24.1. The van der Waals surface area contributed by atoms with Gasteiger partial charge in [0.15, 0.2) is 0 Å². The van der Waals surface area contributed by atoms with Gasteiger partial charge in [-0.2, -0.15) is 0 Å². The zero-order valence-corrected chi connectivity index (χ0v) is 13.0. The van der Waals surface area contributed by atoms with Crippen molar-refractivity contribution in [1.29, 1.82) is 0 Å². The van der Waals surface area contributed by atoms with Crippen LogP contribution in [0.4, 0.5) is 0 Å². The van der Waals surface area contributed by atoms with Crippen LogP contribution in [0.5, 0.6) is 0 Å². The van der Waals surface area contributed by atoms with Gasteiger partial charge in [-0.15, -0.1) is 11.6 Å². The number of rotatable bonds is 3. The van der Waals surface area contributed by atoms with Crippen LogP contribution in [0.25, 0.3) is 0 Å². The molecule has 0 N–H and O–H groups in total. The summed E-state index contributed by atoms with van der Waals surface area (Å²) in [7, 11) is 0. The highest BCUT2D eigenvalue weighted by Crippen LogP contribution is 2.28. The highest BCUT2D eigenvalue weighted by atomic mass is 35.5. The minimum Gasteiger partial charge on any atom is -0.378 e. The molecule has 0 spiro atoms. The van der Waals surface area contributed by atoms with Gasteiger partial charge < -0.3 is 14.5 Å². The Morgan fingerprint density at radius 1 is 1.25 bits per heavy atom. The highest BCUT2D eigenvalue weighted by Gasteiger charge is 2.41. The van der Waals surface area contributed by atoms with Gasteiger partial charge in [-0.25, -0.2) is 0 Å². The molecule has 2 saturated heterocycles. The molecule has 0 radical (unpaired) electrons. The molecule has 20 heavy (non-hydrogen) atoms. The van der Waals surface area contributed by atoms with Crippen molar-refractivity contribution in [1.82, 2.24) is 9.80 Å². The fourth-order valence-electron chi connectivity index (χ4n) is 2.71. The van der Waals surface area contributed by atoms with Crippen LogP contribution in [0.3, 0.4) is 0 Å². The van der Waals surface area contributed by atoms with E-state index in [2.05, 4.69) is 0 Å². The summed E-state index contributed by atoms with van der Waals surface area (Å²) in [6, 6.07) is -0.317. The third kappa shape index (κ3) is 3.09. The summed E-state index contributed by atoms with van der Waals surface area (Å²) in [5.41, 5.74) is -0.616. The third-order valence-electron chi connectivity index (χ3n) is 4.03. The van der Waals surface area contributed by atoms with E-state index in [9.17, 15) is 9.59 Å². The van der Waals surface area contributed by atoms with Gasteiger partial charge in [-0.3, -0.25) is 9.59 Å². The van der Waals surface area contributed by atoms with Crippen LogP contribution in [0.1, 0.15) is 26.7 Å². The molecule has 114 valence electrons. The lowest BCUT2D eigenvalue weighted by Crippen LogP contribution is -2.53. The van der Waals surface area contributed by atoms with Gasteiger partial charge in [-0.05, 0) is 26.7 Å². The van der Waals surface area contributed by atoms with Crippen LogP contribution in [0, 0.1) is 5.41 Å². The number of carbonyl (C=O) groups excluding carboxylic acids is 2. The Bertz CT molecular complexity index is 381. The molecule has 2 amide bonds. The van der Waals surface area contributed by atoms with E-state index in [0.717, 1.165) is 12.8 Å². The molecule has 0 aromatic heterocycles. The molecule has 0 saturated carbocycles. The molecule has 2 fully saturated rings. The van der Waals surface area contributed by atoms with Gasteiger partial charge in [0.1, 0.15) is 6.04 Å². The maximum atomic E-state index is 12.6. The second-order valence-electron chi connectivity index (χ2n) is 6.11. The Hall–Kier alpha value is -0.810. The van der Waals surface area contributed by atoms with Crippen LogP contribution < -0.4 is 0 Å². The van der Waals surface area contributed by atoms with E-state index >= 15 is 0 Å². The van der Waals surface area contributed by atoms with Crippen molar-refractivity contribution in [2.24, 2.45) is 5.41 Å². The van der Waals surface area contributed by atoms with Gasteiger partial charge >= 0.3 is 0 Å². The fraction of sp³-hybridized carbons (Fsp3) is 0.857. The van der Waals surface area contributed by atoms with Crippen molar-refractivity contribution in [2.45, 2.75) is 32.7 Å². The highest BCUT2D eigenvalue weighted by molar-refractivity contribution is 6.19. The number of amides is 2. The van der Waals surface area contributed by atoms with Crippen LogP contribution in [-0.4, -0.2) is 66.4 Å². The molecule has 0 aliphatic carbocycles. The number of alkyl halides is 1. The smallest absolute Gasteiger partial charge is 0.245 e. The molecule has 6 heteroatoms. The first-order valence-electron chi connectivity index (χ1n) is 7.21. The summed E-state index contributed by atoms with van der Waals surface area (Å²) in [4.78, 5) is 28.7. The second kappa shape index (κ2) is 6.31. The van der Waals surface area contributed by atoms with Crippen LogP contribution >= 0.6 is 11.6 Å². The summed E-state index contributed by atoms with van der Waals surface area (Å²) in [6.07, 6.45) is 1.63. The molecule has 1 unspecified atom stereocenters. The molecule has 0 aromatic carbocycles. The van der Waals surface area contributed by atoms with E-state index in [0.29, 0.717) is 32.8 Å². The second-order valence-corrected chi connectivity index (χ2v) is 6.38. The van der Waals surface area contributed by atoms with Crippen LogP contribution in [-0.2, 0) is 14.3 Å². The molecular weight excluding hydrogens is 280 g/mol. The van der Waals surface area contributed by atoms with Crippen molar-refractivity contribution in [2.75, 3.05) is 38.7 Å². The molecule has 2 aliphatic rings. The molecule has 0 bridgehead atoms. The van der Waals surface area contributed by atoms with E-state index < -0.39 is 5.41 Å².